The number of H-pyrrole nitrogens is 2. The van der Waals surface area contributed by atoms with Crippen molar-refractivity contribution in [1.82, 2.24) is 30.7 Å². The normalized spacial score (nSPS) is 11.7. The van der Waals surface area contributed by atoms with Gasteiger partial charge in [-0.1, -0.05) is 18.2 Å². The summed E-state index contributed by atoms with van der Waals surface area (Å²) in [6.45, 7) is 0.508. The van der Waals surface area contributed by atoms with Crippen molar-refractivity contribution in [2.24, 2.45) is 0 Å². The van der Waals surface area contributed by atoms with Gasteiger partial charge in [-0.3, -0.25) is 5.10 Å². The van der Waals surface area contributed by atoms with Crippen LogP contribution in [0.4, 0.5) is 8.78 Å². The van der Waals surface area contributed by atoms with Crippen LogP contribution in [0.15, 0.2) is 36.4 Å². The van der Waals surface area contributed by atoms with Crippen molar-refractivity contribution >= 4 is 23.1 Å². The van der Waals surface area contributed by atoms with Gasteiger partial charge in [-0.25, -0.2) is 8.78 Å². The summed E-state index contributed by atoms with van der Waals surface area (Å²) in [4.78, 5) is 3.00. The lowest BCUT2D eigenvalue weighted by Crippen LogP contribution is -2.06. The van der Waals surface area contributed by atoms with Crippen LogP contribution in [0.5, 0.6) is 0 Å². The summed E-state index contributed by atoms with van der Waals surface area (Å²) in [7, 11) is 1.79. The predicted molar refractivity (Wildman–Crippen MR) is 99.5 cm³/mol. The van der Waals surface area contributed by atoms with E-state index in [0.29, 0.717) is 35.0 Å². The number of nitrogens with zero attached hydrogens (tertiary/aromatic N) is 3. The molecule has 0 aliphatic heterocycles. The fraction of sp³-hybridized carbons (Fsp3) is 0.105. The lowest BCUT2D eigenvalue weighted by molar-refractivity contribution is 0.627. The lowest BCUT2D eigenvalue weighted by atomic mass is 10.1. The van der Waals surface area contributed by atoms with Crippen molar-refractivity contribution in [2.45, 2.75) is 6.54 Å². The van der Waals surface area contributed by atoms with E-state index in [2.05, 4.69) is 30.7 Å². The highest BCUT2D eigenvalue weighted by Crippen LogP contribution is 2.27. The molecule has 0 saturated carbocycles. The Labute approximate surface area is 153 Å². The monoisotopic (exact) mass is 366 g/mol. The van der Waals surface area contributed by atoms with E-state index in [4.69, 9.17) is 0 Å². The number of aromatic amines is 2. The van der Waals surface area contributed by atoms with Gasteiger partial charge in [0.15, 0.2) is 5.82 Å². The Kier molecular flexibility index (Phi) is 4.47. The van der Waals surface area contributed by atoms with Crippen molar-refractivity contribution in [3.05, 3.63) is 65.1 Å². The molecular formula is C19H16F2N6. The van der Waals surface area contributed by atoms with Gasteiger partial charge in [0.2, 0.25) is 0 Å². The highest BCUT2D eigenvalue weighted by atomic mass is 19.1. The van der Waals surface area contributed by atoms with Crippen LogP contribution in [0.3, 0.4) is 0 Å². The number of hydrogen-bond donors (Lipinski definition) is 3. The second-order valence-electron chi connectivity index (χ2n) is 6.02. The molecule has 0 atom stereocenters. The molecule has 2 aromatic carbocycles. The summed E-state index contributed by atoms with van der Waals surface area (Å²) < 4.78 is 27.5. The van der Waals surface area contributed by atoms with Gasteiger partial charge in [0.05, 0.1) is 23.3 Å². The molecule has 0 bridgehead atoms. The average molecular weight is 366 g/mol. The first kappa shape index (κ1) is 17.0. The molecule has 0 unspecified atom stereocenters. The SMILES string of the molecule is CNCc1nnc(-c2cc3c(C=Cc4ccc(F)cc4)n[nH]c3cc2F)[nH]1. The fourth-order valence-electron chi connectivity index (χ4n) is 2.78. The molecule has 136 valence electrons. The molecule has 0 spiro atoms. The third kappa shape index (κ3) is 3.47. The number of aromatic nitrogens is 5. The van der Waals surface area contributed by atoms with Gasteiger partial charge in [-0.15, -0.1) is 10.2 Å². The highest BCUT2D eigenvalue weighted by Gasteiger charge is 2.14. The summed E-state index contributed by atoms with van der Waals surface area (Å²) in [5, 5.41) is 18.8. The van der Waals surface area contributed by atoms with E-state index in [1.54, 1.807) is 31.3 Å². The van der Waals surface area contributed by atoms with Crippen LogP contribution >= 0.6 is 0 Å². The van der Waals surface area contributed by atoms with E-state index in [9.17, 15) is 8.78 Å². The molecule has 2 heterocycles. The van der Waals surface area contributed by atoms with Crippen LogP contribution in [-0.2, 0) is 6.54 Å². The third-order valence-corrected chi connectivity index (χ3v) is 4.12. The van der Waals surface area contributed by atoms with Gasteiger partial charge >= 0.3 is 0 Å². The molecule has 2 aromatic heterocycles. The number of hydrogen-bond acceptors (Lipinski definition) is 4. The Morgan fingerprint density at radius 3 is 2.67 bits per heavy atom. The predicted octanol–water partition coefficient (Wildman–Crippen LogP) is 3.52. The number of nitrogens with one attached hydrogen (secondary N) is 3. The Bertz CT molecular complexity index is 1110. The third-order valence-electron chi connectivity index (χ3n) is 4.12. The largest absolute Gasteiger partial charge is 0.324 e. The summed E-state index contributed by atoms with van der Waals surface area (Å²) in [5.41, 5.74) is 2.37. The van der Waals surface area contributed by atoms with E-state index in [1.165, 1.54) is 18.2 Å². The maximum atomic E-state index is 14.5. The van der Waals surface area contributed by atoms with Gasteiger partial charge < -0.3 is 10.3 Å². The molecule has 0 aliphatic carbocycles. The first-order chi connectivity index (χ1) is 13.1. The van der Waals surface area contributed by atoms with Crippen LogP contribution in [0.1, 0.15) is 17.1 Å². The van der Waals surface area contributed by atoms with Gasteiger partial charge in [0.1, 0.15) is 17.5 Å². The number of benzene rings is 2. The molecule has 3 N–H and O–H groups in total. The lowest BCUT2D eigenvalue weighted by Gasteiger charge is -2.00. The highest BCUT2D eigenvalue weighted by molar-refractivity contribution is 5.92. The first-order valence-corrected chi connectivity index (χ1v) is 8.32. The Morgan fingerprint density at radius 2 is 1.89 bits per heavy atom. The summed E-state index contributed by atoms with van der Waals surface area (Å²) in [6, 6.07) is 9.19. The first-order valence-electron chi connectivity index (χ1n) is 8.32. The average Bonchev–Trinajstić information content (AvgIpc) is 3.27. The fourth-order valence-corrected chi connectivity index (χ4v) is 2.78. The molecule has 0 saturated heterocycles. The molecule has 0 radical (unpaired) electrons. The molecule has 6 nitrogen and oxygen atoms in total. The van der Waals surface area contributed by atoms with Gasteiger partial charge in [0, 0.05) is 11.5 Å². The van der Waals surface area contributed by atoms with Crippen LogP contribution in [0.25, 0.3) is 34.4 Å². The summed E-state index contributed by atoms with van der Waals surface area (Å²) >= 11 is 0. The number of fused-ring (bicyclic) bond motifs is 1. The smallest absolute Gasteiger partial charge is 0.164 e. The van der Waals surface area contributed by atoms with E-state index in [-0.39, 0.29) is 5.82 Å². The molecule has 4 aromatic rings. The zero-order valence-electron chi connectivity index (χ0n) is 14.4. The minimum Gasteiger partial charge on any atom is -0.324 e. The van der Waals surface area contributed by atoms with Crippen LogP contribution in [0.2, 0.25) is 0 Å². The molecule has 4 rings (SSSR count). The Hall–Kier alpha value is -3.39. The Morgan fingerprint density at radius 1 is 1.07 bits per heavy atom. The summed E-state index contributed by atoms with van der Waals surface area (Å²) in [5.74, 6) is 0.263. The topological polar surface area (TPSA) is 82.3 Å². The minimum atomic E-state index is -0.424. The van der Waals surface area contributed by atoms with Crippen molar-refractivity contribution in [3.63, 3.8) is 0 Å². The quantitative estimate of drug-likeness (QED) is 0.505. The molecule has 27 heavy (non-hydrogen) atoms. The minimum absolute atomic E-state index is 0.290. The van der Waals surface area contributed by atoms with Crippen molar-refractivity contribution < 1.29 is 8.78 Å². The van der Waals surface area contributed by atoms with Gasteiger partial charge in [0.25, 0.3) is 0 Å². The number of halogens is 2. The van der Waals surface area contributed by atoms with Gasteiger partial charge in [-0.05, 0) is 36.9 Å². The standard InChI is InChI=1S/C19H16F2N6/c1-22-10-18-23-19(27-26-18)13-8-14-16(24-25-17(14)9-15(13)21)7-4-11-2-5-12(20)6-3-11/h2-9,22H,10H2,1H3,(H,24,25)(H,23,26,27). The molecule has 0 fully saturated rings. The number of rotatable bonds is 5. The van der Waals surface area contributed by atoms with Crippen LogP contribution < -0.4 is 5.32 Å². The van der Waals surface area contributed by atoms with Gasteiger partial charge in [-0.2, -0.15) is 5.10 Å². The maximum Gasteiger partial charge on any atom is 0.164 e. The molecule has 8 heteroatoms. The van der Waals surface area contributed by atoms with Crippen molar-refractivity contribution in [2.75, 3.05) is 7.05 Å². The summed E-state index contributed by atoms with van der Waals surface area (Å²) in [6.07, 6.45) is 3.61. The Balaban J connectivity index is 1.71. The van der Waals surface area contributed by atoms with E-state index in [0.717, 1.165) is 10.9 Å². The van der Waals surface area contributed by atoms with Crippen molar-refractivity contribution in [3.8, 4) is 11.4 Å². The molecule has 0 aliphatic rings. The second kappa shape index (κ2) is 7.08. The zero-order valence-corrected chi connectivity index (χ0v) is 14.4. The van der Waals surface area contributed by atoms with Crippen molar-refractivity contribution in [1.29, 1.82) is 0 Å². The van der Waals surface area contributed by atoms with Crippen LogP contribution in [0, 0.1) is 11.6 Å². The van der Waals surface area contributed by atoms with E-state index < -0.39 is 5.82 Å². The maximum absolute atomic E-state index is 14.5. The second-order valence-corrected chi connectivity index (χ2v) is 6.02. The van der Waals surface area contributed by atoms with E-state index >= 15 is 0 Å². The zero-order chi connectivity index (χ0) is 18.8. The molecule has 0 amide bonds. The van der Waals surface area contributed by atoms with E-state index in [1.807, 2.05) is 6.08 Å². The van der Waals surface area contributed by atoms with Crippen LogP contribution in [-0.4, -0.2) is 32.4 Å². The molecular weight excluding hydrogens is 350 g/mol.